The summed E-state index contributed by atoms with van der Waals surface area (Å²) in [5, 5.41) is 2.36. The summed E-state index contributed by atoms with van der Waals surface area (Å²) in [4.78, 5) is 37.4. The minimum absolute atomic E-state index is 0. The molecule has 0 atom stereocenters. The maximum Gasteiger partial charge on any atom is 0.136 e. The van der Waals surface area contributed by atoms with Crippen LogP contribution in [0.5, 0.6) is 0 Å². The summed E-state index contributed by atoms with van der Waals surface area (Å²) >= 11 is 0. The molecule has 98 heavy (non-hydrogen) atoms. The van der Waals surface area contributed by atoms with Crippen molar-refractivity contribution in [3.8, 4) is 0 Å². The zero-order chi connectivity index (χ0) is 67.1. The van der Waals surface area contributed by atoms with E-state index in [1.54, 1.807) is 18.7 Å². The first-order valence-electron chi connectivity index (χ1n) is 32.3. The molecular formula is C87H137N11. The molecule has 11 heteroatoms. The first-order chi connectivity index (χ1) is 42.4. The van der Waals surface area contributed by atoms with Gasteiger partial charge in [-0.15, -0.1) is 0 Å². The first kappa shape index (κ1) is 94.1. The van der Waals surface area contributed by atoms with Crippen LogP contribution in [0.4, 0.5) is 0 Å². The quantitative estimate of drug-likeness (QED) is 0.153. The van der Waals surface area contributed by atoms with E-state index in [4.69, 9.17) is 0 Å². The predicted molar refractivity (Wildman–Crippen MR) is 431 cm³/mol. The Morgan fingerprint density at radius 3 is 1.16 bits per heavy atom. The van der Waals surface area contributed by atoms with Crippen molar-refractivity contribution in [3.05, 3.63) is 235 Å². The molecule has 9 heterocycles. The van der Waals surface area contributed by atoms with Gasteiger partial charge in [0.2, 0.25) is 0 Å². The van der Waals surface area contributed by atoms with Gasteiger partial charge in [-0.1, -0.05) is 234 Å². The van der Waals surface area contributed by atoms with Crippen LogP contribution in [-0.2, 0) is 44.9 Å². The lowest BCUT2D eigenvalue weighted by Crippen LogP contribution is -2.10. The highest BCUT2D eigenvalue weighted by molar-refractivity contribution is 5.79. The molecule has 0 bridgehead atoms. The van der Waals surface area contributed by atoms with Crippen molar-refractivity contribution in [1.29, 1.82) is 0 Å². The van der Waals surface area contributed by atoms with Crippen LogP contribution in [0.1, 0.15) is 236 Å². The lowest BCUT2D eigenvalue weighted by molar-refractivity contribution is 0.405. The van der Waals surface area contributed by atoms with Crippen LogP contribution in [0.15, 0.2) is 196 Å². The van der Waals surface area contributed by atoms with Crippen molar-refractivity contribution in [2.45, 2.75) is 242 Å². The van der Waals surface area contributed by atoms with E-state index in [1.807, 2.05) is 90.8 Å². The highest BCUT2D eigenvalue weighted by Crippen LogP contribution is 2.27. The second kappa shape index (κ2) is 42.7. The lowest BCUT2D eigenvalue weighted by atomic mass is 9.88. The molecular weight excluding hydrogens is 1200 g/mol. The molecule has 0 saturated heterocycles. The van der Waals surface area contributed by atoms with Crippen LogP contribution in [0.25, 0.3) is 33.1 Å². The SMILES string of the molecule is C.C.C.C.C.C.C.CC(C)(C)Cc1ccc2ncccc2c1.CC(C)(C)Cc1ccc2nccn2c1.CC(C)(C)Cc1ccc2ncncc2c1.CC(C)(C)Cc1cccnc1.CC(C)(C)Cc1cccnc1.CC(C)(C)Cc1ccn2ccnc2c1.CC(C)(C)Cc1cnccn1. The molecule has 0 amide bonds. The van der Waals surface area contributed by atoms with Crippen LogP contribution < -0.4 is 0 Å². The zero-order valence-electron chi connectivity index (χ0n) is 59.3. The summed E-state index contributed by atoms with van der Waals surface area (Å²) in [5.74, 6) is 0. The molecule has 11 nitrogen and oxygen atoms in total. The molecule has 0 fully saturated rings. The van der Waals surface area contributed by atoms with Gasteiger partial charge in [-0.05, 0) is 177 Å². The summed E-state index contributed by atoms with van der Waals surface area (Å²) in [6.45, 7) is 47.1. The third-order valence-electron chi connectivity index (χ3n) is 13.3. The van der Waals surface area contributed by atoms with Crippen molar-refractivity contribution >= 4 is 33.1 Å². The Bertz CT molecular complexity index is 3540. The standard InChI is InChI=1S/C14H17N.C13H16N2.2C12H16N2.2C10H15N.C9H14N2.7CH4/c1-14(2,3)10-11-6-7-13-12(9-11)5-4-8-15-13;1-13(2,3)7-10-4-5-12-11(6-10)8-14-9-15-12;1-12(2,3)9-10-4-6-14-7-5-13-11(14)8-10;1-12(2,3)8-10-4-5-11-13-6-7-14(11)9-10;2*1-10(2,3)7-9-5-4-6-11-8-9;1-9(2,3)6-8-7-10-4-5-11-8;;;;;;;/h4-9H,10H2,1-3H3;4-6,8-9H,7H2,1-3H3;4-8H,9H2,1-3H3;4-7,9H,8H2,1-3H3;2*4-6,8H,7H2,1-3H3;4-5,7H,6H2,1-3H3;7*1H4. The predicted octanol–water partition coefficient (Wildman–Crippen LogP) is 24.7. The average molecular weight is 1340 g/mol. The number of fused-ring (bicyclic) bond motifs is 4. The number of hydrogen-bond donors (Lipinski definition) is 0. The van der Waals surface area contributed by atoms with Gasteiger partial charge in [0.25, 0.3) is 0 Å². The zero-order valence-corrected chi connectivity index (χ0v) is 59.3. The molecule has 0 unspecified atom stereocenters. The molecule has 540 valence electrons. The van der Waals surface area contributed by atoms with Gasteiger partial charge in [-0.25, -0.2) is 19.9 Å². The lowest BCUT2D eigenvalue weighted by Gasteiger charge is -2.18. The Kier molecular flexibility index (Phi) is 41.0. The fourth-order valence-electron chi connectivity index (χ4n) is 10.2. The number of aromatic nitrogens is 11. The van der Waals surface area contributed by atoms with Crippen LogP contribution in [-0.4, -0.2) is 53.7 Å². The fourth-order valence-corrected chi connectivity index (χ4v) is 10.2. The Morgan fingerprint density at radius 1 is 0.276 bits per heavy atom. The van der Waals surface area contributed by atoms with E-state index < -0.39 is 0 Å². The molecule has 11 aromatic rings. The van der Waals surface area contributed by atoms with Gasteiger partial charge in [0.05, 0.1) is 16.7 Å². The number of nitrogens with zero attached hydrogens (tertiary/aromatic N) is 11. The molecule has 0 aliphatic rings. The van der Waals surface area contributed by atoms with Crippen molar-refractivity contribution in [2.24, 2.45) is 37.9 Å². The smallest absolute Gasteiger partial charge is 0.136 e. The molecule has 0 saturated carbocycles. The first-order valence-corrected chi connectivity index (χ1v) is 32.3. The van der Waals surface area contributed by atoms with E-state index in [1.165, 1.54) is 38.8 Å². The summed E-state index contributed by atoms with van der Waals surface area (Å²) in [5.41, 5.74) is 15.7. The Labute approximate surface area is 599 Å². The molecule has 0 aliphatic heterocycles. The second-order valence-electron chi connectivity index (χ2n) is 32.5. The summed E-state index contributed by atoms with van der Waals surface area (Å²) in [6.07, 6.45) is 37.5. The van der Waals surface area contributed by atoms with Crippen LogP contribution in [0, 0.1) is 37.9 Å². The van der Waals surface area contributed by atoms with E-state index in [9.17, 15) is 0 Å². The number of hydrogen-bond acceptors (Lipinski definition) is 9. The molecule has 0 N–H and O–H groups in total. The van der Waals surface area contributed by atoms with Crippen molar-refractivity contribution < 1.29 is 0 Å². The molecule has 0 spiro atoms. The summed E-state index contributed by atoms with van der Waals surface area (Å²) in [6, 6.07) is 33.8. The van der Waals surface area contributed by atoms with E-state index in [0.717, 1.165) is 78.4 Å². The third-order valence-corrected chi connectivity index (χ3v) is 13.3. The maximum atomic E-state index is 4.32. The minimum Gasteiger partial charge on any atom is -0.307 e. The topological polar surface area (TPSA) is 125 Å². The fraction of sp³-hybridized carbons (Fsp3) is 0.483. The molecule has 11 rings (SSSR count). The molecule has 0 aliphatic carbocycles. The molecule has 0 radical (unpaired) electrons. The van der Waals surface area contributed by atoms with Crippen molar-refractivity contribution in [3.63, 3.8) is 0 Å². The Balaban J connectivity index is -0.00000107. The number of rotatable bonds is 7. The average Bonchev–Trinajstić information content (AvgIpc) is 1.31. The van der Waals surface area contributed by atoms with Gasteiger partial charge in [0.15, 0.2) is 0 Å². The van der Waals surface area contributed by atoms with Gasteiger partial charge in [-0.2, -0.15) is 0 Å². The van der Waals surface area contributed by atoms with Crippen molar-refractivity contribution in [2.75, 3.05) is 0 Å². The van der Waals surface area contributed by atoms with E-state index >= 15 is 0 Å². The Hall–Kier alpha value is -8.05. The normalized spacial score (nSPS) is 11.0. The van der Waals surface area contributed by atoms with Gasteiger partial charge in [0.1, 0.15) is 17.6 Å². The second-order valence-corrected chi connectivity index (χ2v) is 32.5. The number of imidazole rings is 2. The third kappa shape index (κ3) is 40.0. The van der Waals surface area contributed by atoms with Gasteiger partial charge >= 0.3 is 0 Å². The van der Waals surface area contributed by atoms with E-state index in [2.05, 4.69) is 286 Å². The monoisotopic (exact) mass is 1340 g/mol. The van der Waals surface area contributed by atoms with E-state index in [-0.39, 0.29) is 52.0 Å². The van der Waals surface area contributed by atoms with Gasteiger partial charge in [-0.3, -0.25) is 24.9 Å². The van der Waals surface area contributed by atoms with Gasteiger partial charge in [0, 0.05) is 104 Å². The highest BCUT2D eigenvalue weighted by atomic mass is 15.0. The number of pyridine rings is 5. The summed E-state index contributed by atoms with van der Waals surface area (Å²) < 4.78 is 4.10. The van der Waals surface area contributed by atoms with Gasteiger partial charge < -0.3 is 8.80 Å². The van der Waals surface area contributed by atoms with E-state index in [0.29, 0.717) is 37.9 Å². The van der Waals surface area contributed by atoms with Crippen LogP contribution >= 0.6 is 0 Å². The maximum absolute atomic E-state index is 4.32. The highest BCUT2D eigenvalue weighted by Gasteiger charge is 2.16. The molecule has 2 aromatic carbocycles. The largest absolute Gasteiger partial charge is 0.307 e. The van der Waals surface area contributed by atoms with Crippen LogP contribution in [0.3, 0.4) is 0 Å². The Morgan fingerprint density at radius 2 is 0.694 bits per heavy atom. The number of benzene rings is 2. The minimum atomic E-state index is 0. The van der Waals surface area contributed by atoms with Crippen LogP contribution in [0.2, 0.25) is 0 Å². The molecule has 9 aromatic heterocycles. The van der Waals surface area contributed by atoms with Crippen molar-refractivity contribution in [1.82, 2.24) is 53.7 Å². The summed E-state index contributed by atoms with van der Waals surface area (Å²) in [7, 11) is 0.